The van der Waals surface area contributed by atoms with Gasteiger partial charge in [0.05, 0.1) is 15.2 Å². The maximum atomic E-state index is 6.25. The lowest BCUT2D eigenvalue weighted by atomic mass is 10.2. The summed E-state index contributed by atoms with van der Waals surface area (Å²) in [5.74, 6) is 1.72. The first-order valence-electron chi connectivity index (χ1n) is 6.81. The average molecular weight is 456 g/mol. The third-order valence-electron chi connectivity index (χ3n) is 3.10. The van der Waals surface area contributed by atoms with E-state index in [0.717, 1.165) is 45.2 Å². The molecule has 1 heterocycles. The monoisotopic (exact) mass is 455 g/mol. The van der Waals surface area contributed by atoms with Crippen LogP contribution in [0.1, 0.15) is 25.7 Å². The van der Waals surface area contributed by atoms with Crippen LogP contribution in [0.25, 0.3) is 10.9 Å². The van der Waals surface area contributed by atoms with Crippen LogP contribution in [0.15, 0.2) is 18.2 Å². The molecule has 2 aromatic rings. The summed E-state index contributed by atoms with van der Waals surface area (Å²) < 4.78 is 6.89. The highest BCUT2D eigenvalue weighted by molar-refractivity contribution is 14.1. The summed E-state index contributed by atoms with van der Waals surface area (Å²) in [4.78, 5) is 4.37. The van der Waals surface area contributed by atoms with E-state index in [-0.39, 0.29) is 0 Å². The van der Waals surface area contributed by atoms with Crippen molar-refractivity contribution in [3.05, 3.63) is 31.9 Å². The van der Waals surface area contributed by atoms with E-state index in [4.69, 9.17) is 27.9 Å². The molecule has 0 N–H and O–H groups in total. The Morgan fingerprint density at radius 3 is 2.67 bits per heavy atom. The van der Waals surface area contributed by atoms with Gasteiger partial charge in [-0.25, -0.2) is 4.98 Å². The largest absolute Gasteiger partial charge is 0.490 e. The molecule has 21 heavy (non-hydrogen) atoms. The molecule has 2 rings (SSSR count). The van der Waals surface area contributed by atoms with Crippen molar-refractivity contribution in [3.63, 3.8) is 0 Å². The van der Waals surface area contributed by atoms with Crippen molar-refractivity contribution in [2.75, 3.05) is 12.4 Å². The number of rotatable bonds is 7. The Balaban J connectivity index is 2.13. The van der Waals surface area contributed by atoms with Gasteiger partial charge in [-0.3, -0.25) is 0 Å². The number of halogens is 3. The van der Waals surface area contributed by atoms with Gasteiger partial charge in [0, 0.05) is 5.39 Å². The minimum Gasteiger partial charge on any atom is -0.490 e. The summed E-state index contributed by atoms with van der Waals surface area (Å²) in [6.45, 7) is 0.674. The molecule has 0 bridgehead atoms. The predicted octanol–water partition coefficient (Wildman–Crippen LogP) is 6.02. The molecule has 0 aliphatic rings. The Hall–Kier alpha value is 0.0900. The molecule has 2 nitrogen and oxygen atoms in total. The van der Waals surface area contributed by atoms with Crippen LogP contribution in [0.2, 0.25) is 10.2 Å². The molecular formula is C15H16Cl2INOS. The van der Waals surface area contributed by atoms with Crippen molar-refractivity contribution in [1.82, 2.24) is 4.98 Å². The van der Waals surface area contributed by atoms with Gasteiger partial charge < -0.3 is 4.74 Å². The van der Waals surface area contributed by atoms with E-state index in [1.165, 1.54) is 6.42 Å². The second-order valence-corrected chi connectivity index (χ2v) is 7.09. The fourth-order valence-corrected chi connectivity index (χ4v) is 3.59. The SMILES string of the molecule is SCCCCCCOc1c(I)cc(Cl)c2ccc(Cl)nc12. The van der Waals surface area contributed by atoms with Gasteiger partial charge in [0.15, 0.2) is 5.75 Å². The molecule has 0 fully saturated rings. The Bertz CT molecular complexity index is 624. The van der Waals surface area contributed by atoms with E-state index >= 15 is 0 Å². The molecule has 0 amide bonds. The Kier molecular flexibility index (Phi) is 7.19. The zero-order chi connectivity index (χ0) is 15.2. The number of fused-ring (bicyclic) bond motifs is 1. The van der Waals surface area contributed by atoms with Gasteiger partial charge in [0.1, 0.15) is 10.7 Å². The number of hydrogen-bond acceptors (Lipinski definition) is 3. The third kappa shape index (κ3) is 4.78. The van der Waals surface area contributed by atoms with Crippen LogP contribution in [0, 0.1) is 3.57 Å². The molecule has 0 aliphatic carbocycles. The van der Waals surface area contributed by atoms with Gasteiger partial charge >= 0.3 is 0 Å². The molecular weight excluding hydrogens is 440 g/mol. The van der Waals surface area contributed by atoms with Crippen LogP contribution in [-0.4, -0.2) is 17.3 Å². The topological polar surface area (TPSA) is 22.1 Å². The number of unbranched alkanes of at least 4 members (excludes halogenated alkanes) is 3. The van der Waals surface area contributed by atoms with Crippen LogP contribution < -0.4 is 4.74 Å². The Morgan fingerprint density at radius 1 is 1.14 bits per heavy atom. The number of ether oxygens (including phenoxy) is 1. The van der Waals surface area contributed by atoms with Crippen molar-refractivity contribution in [2.45, 2.75) is 25.7 Å². The molecule has 0 saturated carbocycles. The van der Waals surface area contributed by atoms with E-state index in [1.807, 2.05) is 12.1 Å². The second kappa shape index (κ2) is 8.65. The lowest BCUT2D eigenvalue weighted by molar-refractivity contribution is 0.306. The fourth-order valence-electron chi connectivity index (χ4n) is 2.05. The molecule has 0 atom stereocenters. The van der Waals surface area contributed by atoms with Crippen molar-refractivity contribution in [3.8, 4) is 5.75 Å². The summed E-state index contributed by atoms with van der Waals surface area (Å²) in [5.41, 5.74) is 0.731. The molecule has 1 aromatic carbocycles. The summed E-state index contributed by atoms with van der Waals surface area (Å²) >= 11 is 18.7. The Morgan fingerprint density at radius 2 is 1.90 bits per heavy atom. The van der Waals surface area contributed by atoms with Crippen LogP contribution in [-0.2, 0) is 0 Å². The second-order valence-electron chi connectivity index (χ2n) is 4.69. The van der Waals surface area contributed by atoms with Gasteiger partial charge in [-0.1, -0.05) is 36.0 Å². The number of aromatic nitrogens is 1. The average Bonchev–Trinajstić information content (AvgIpc) is 2.45. The quantitative estimate of drug-likeness (QED) is 0.239. The van der Waals surface area contributed by atoms with Crippen LogP contribution >= 0.6 is 58.4 Å². The third-order valence-corrected chi connectivity index (χ3v) is 4.74. The minimum absolute atomic E-state index is 0.444. The van der Waals surface area contributed by atoms with E-state index < -0.39 is 0 Å². The number of thiol groups is 1. The van der Waals surface area contributed by atoms with E-state index in [1.54, 1.807) is 6.07 Å². The van der Waals surface area contributed by atoms with Crippen molar-refractivity contribution in [2.24, 2.45) is 0 Å². The molecule has 114 valence electrons. The van der Waals surface area contributed by atoms with E-state index in [2.05, 4.69) is 40.2 Å². The van der Waals surface area contributed by atoms with E-state index in [0.29, 0.717) is 16.8 Å². The normalized spacial score (nSPS) is 11.0. The molecule has 0 unspecified atom stereocenters. The number of benzene rings is 1. The highest BCUT2D eigenvalue weighted by Gasteiger charge is 2.13. The molecule has 0 aliphatic heterocycles. The minimum atomic E-state index is 0.444. The van der Waals surface area contributed by atoms with Crippen molar-refractivity contribution in [1.29, 1.82) is 0 Å². The Labute approximate surface area is 154 Å². The fraction of sp³-hybridized carbons (Fsp3) is 0.400. The lowest BCUT2D eigenvalue weighted by Crippen LogP contribution is -2.01. The highest BCUT2D eigenvalue weighted by Crippen LogP contribution is 2.35. The molecule has 1 aromatic heterocycles. The number of nitrogens with zero attached hydrogens (tertiary/aromatic N) is 1. The first-order chi connectivity index (χ1) is 10.1. The van der Waals surface area contributed by atoms with Crippen LogP contribution in [0.4, 0.5) is 0 Å². The van der Waals surface area contributed by atoms with Crippen molar-refractivity contribution < 1.29 is 4.74 Å². The van der Waals surface area contributed by atoms with Gasteiger partial charge in [0.25, 0.3) is 0 Å². The smallest absolute Gasteiger partial charge is 0.158 e. The van der Waals surface area contributed by atoms with Gasteiger partial charge in [-0.2, -0.15) is 12.6 Å². The molecule has 6 heteroatoms. The molecule has 0 radical (unpaired) electrons. The van der Waals surface area contributed by atoms with Gasteiger partial charge in [-0.05, 0) is 59.4 Å². The maximum Gasteiger partial charge on any atom is 0.158 e. The zero-order valence-electron chi connectivity index (χ0n) is 11.4. The lowest BCUT2D eigenvalue weighted by Gasteiger charge is -2.12. The molecule has 0 spiro atoms. The summed E-state index contributed by atoms with van der Waals surface area (Å²) in [6, 6.07) is 5.52. The van der Waals surface area contributed by atoms with Crippen LogP contribution in [0.3, 0.4) is 0 Å². The molecule has 0 saturated heterocycles. The predicted molar refractivity (Wildman–Crippen MR) is 102 cm³/mol. The standard InChI is InChI=1S/C15H16Cl2INOS/c16-11-9-12(18)15(20-7-3-1-2-4-8-21)14-10(11)5-6-13(17)19-14/h5-6,9,21H,1-4,7-8H2. The van der Waals surface area contributed by atoms with Crippen molar-refractivity contribution >= 4 is 69.3 Å². The summed E-state index contributed by atoms with van der Waals surface area (Å²) in [7, 11) is 0. The number of hydrogen-bond donors (Lipinski definition) is 1. The highest BCUT2D eigenvalue weighted by atomic mass is 127. The summed E-state index contributed by atoms with van der Waals surface area (Å²) in [5, 5.41) is 1.98. The zero-order valence-corrected chi connectivity index (χ0v) is 16.0. The van der Waals surface area contributed by atoms with Gasteiger partial charge in [0.2, 0.25) is 0 Å². The summed E-state index contributed by atoms with van der Waals surface area (Å²) in [6.07, 6.45) is 4.52. The van der Waals surface area contributed by atoms with E-state index in [9.17, 15) is 0 Å². The van der Waals surface area contributed by atoms with Crippen LogP contribution in [0.5, 0.6) is 5.75 Å². The number of pyridine rings is 1. The first kappa shape index (κ1) is 17.4. The maximum absolute atomic E-state index is 6.25. The first-order valence-corrected chi connectivity index (χ1v) is 9.28. The van der Waals surface area contributed by atoms with Gasteiger partial charge in [-0.15, -0.1) is 0 Å².